The Labute approximate surface area is 251 Å². The maximum Gasteiger partial charge on any atom is 0.335 e. The van der Waals surface area contributed by atoms with Gasteiger partial charge in [0.05, 0.1) is 25.5 Å². The summed E-state index contributed by atoms with van der Waals surface area (Å²) in [5.74, 6) is -0.964. The first-order valence-electron chi connectivity index (χ1n) is 13.4. The number of para-hydroxylation sites is 1. The maximum absolute atomic E-state index is 13.9. The number of carboxylic acid groups (broad SMARTS) is 1. The number of aliphatic hydroxyl groups is 1. The van der Waals surface area contributed by atoms with Crippen LogP contribution in [-0.4, -0.2) is 55.8 Å². The molecule has 0 bridgehead atoms. The highest BCUT2D eigenvalue weighted by atomic mass is 35.5. The monoisotopic (exact) mass is 596 g/mol. The lowest BCUT2D eigenvalue weighted by Gasteiger charge is -2.34. The van der Waals surface area contributed by atoms with Crippen molar-refractivity contribution in [2.45, 2.75) is 39.7 Å². The van der Waals surface area contributed by atoms with Gasteiger partial charge in [-0.2, -0.15) is 0 Å². The van der Waals surface area contributed by atoms with Crippen LogP contribution in [0, 0.1) is 5.41 Å². The molecular formula is C32H37ClN2O7. The van der Waals surface area contributed by atoms with E-state index in [0.717, 1.165) is 0 Å². The SMILES string of the molecule is COc1ccccc1[C@@H](O)c1cc(Cl)cc(OC)c1N(CC(C)(C)C)C(=O)CCC(=O)N(C)c1ccc(C(=O)O)cc1. The van der Waals surface area contributed by atoms with Gasteiger partial charge in [0, 0.05) is 54.3 Å². The molecule has 0 saturated heterocycles. The Morgan fingerprint density at radius 3 is 2.05 bits per heavy atom. The molecule has 42 heavy (non-hydrogen) atoms. The molecule has 1 atom stereocenters. The molecule has 3 aromatic carbocycles. The van der Waals surface area contributed by atoms with E-state index >= 15 is 0 Å². The fourth-order valence-electron chi connectivity index (χ4n) is 4.56. The zero-order valence-corrected chi connectivity index (χ0v) is 25.4. The van der Waals surface area contributed by atoms with Crippen molar-refractivity contribution < 1.29 is 34.1 Å². The number of carbonyl (C=O) groups excluding carboxylic acids is 2. The molecule has 0 heterocycles. The molecule has 0 aromatic heterocycles. The van der Waals surface area contributed by atoms with Crippen LogP contribution < -0.4 is 19.3 Å². The number of aromatic carboxylic acids is 1. The molecule has 0 aliphatic carbocycles. The third-order valence-electron chi connectivity index (χ3n) is 6.65. The molecular weight excluding hydrogens is 560 g/mol. The van der Waals surface area contributed by atoms with Crippen molar-refractivity contribution in [3.05, 3.63) is 82.4 Å². The van der Waals surface area contributed by atoms with Gasteiger partial charge in [0.2, 0.25) is 11.8 Å². The summed E-state index contributed by atoms with van der Waals surface area (Å²) in [6.45, 7) is 6.19. The van der Waals surface area contributed by atoms with E-state index in [0.29, 0.717) is 39.0 Å². The van der Waals surface area contributed by atoms with E-state index in [4.69, 9.17) is 26.2 Å². The van der Waals surface area contributed by atoms with E-state index in [2.05, 4.69) is 0 Å². The van der Waals surface area contributed by atoms with Gasteiger partial charge in [0.1, 0.15) is 17.6 Å². The number of halogens is 1. The molecule has 0 fully saturated rings. The number of methoxy groups -OCH3 is 2. The summed E-state index contributed by atoms with van der Waals surface area (Å²) in [7, 11) is 4.54. The lowest BCUT2D eigenvalue weighted by Crippen LogP contribution is -2.39. The van der Waals surface area contributed by atoms with Crippen LogP contribution in [0.1, 0.15) is 61.2 Å². The second-order valence-electron chi connectivity index (χ2n) is 11.0. The number of ether oxygens (including phenoxy) is 2. The number of carbonyl (C=O) groups is 3. The Morgan fingerprint density at radius 1 is 0.881 bits per heavy atom. The third kappa shape index (κ3) is 7.80. The minimum Gasteiger partial charge on any atom is -0.496 e. The number of aliphatic hydroxyl groups excluding tert-OH is 1. The topological polar surface area (TPSA) is 117 Å². The summed E-state index contributed by atoms with van der Waals surface area (Å²) in [5, 5.41) is 21.0. The second-order valence-corrected chi connectivity index (χ2v) is 11.5. The molecule has 0 radical (unpaired) electrons. The Hall–Kier alpha value is -4.08. The van der Waals surface area contributed by atoms with Gasteiger partial charge in [-0.15, -0.1) is 0 Å². The fraction of sp³-hybridized carbons (Fsp3) is 0.344. The molecule has 0 aliphatic rings. The average molecular weight is 597 g/mol. The number of hydrogen-bond acceptors (Lipinski definition) is 6. The highest BCUT2D eigenvalue weighted by Crippen LogP contribution is 2.43. The number of carboxylic acids is 1. The first-order valence-corrected chi connectivity index (χ1v) is 13.7. The van der Waals surface area contributed by atoms with E-state index in [-0.39, 0.29) is 42.2 Å². The van der Waals surface area contributed by atoms with Gasteiger partial charge >= 0.3 is 5.97 Å². The van der Waals surface area contributed by atoms with Gasteiger partial charge in [-0.05, 0) is 41.8 Å². The fourth-order valence-corrected chi connectivity index (χ4v) is 4.78. The number of nitrogens with zero attached hydrogens (tertiary/aromatic N) is 2. The quantitative estimate of drug-likeness (QED) is 0.280. The Morgan fingerprint density at radius 2 is 1.48 bits per heavy atom. The molecule has 3 rings (SSSR count). The minimum atomic E-state index is -1.21. The number of anilines is 2. The van der Waals surface area contributed by atoms with Crippen molar-refractivity contribution in [2.75, 3.05) is 37.6 Å². The van der Waals surface area contributed by atoms with Crippen molar-refractivity contribution in [3.8, 4) is 11.5 Å². The van der Waals surface area contributed by atoms with E-state index in [9.17, 15) is 19.5 Å². The van der Waals surface area contributed by atoms with E-state index in [1.165, 1.54) is 36.2 Å². The Balaban J connectivity index is 1.98. The highest BCUT2D eigenvalue weighted by Gasteiger charge is 2.31. The average Bonchev–Trinajstić information content (AvgIpc) is 2.96. The lowest BCUT2D eigenvalue weighted by molar-refractivity contribution is -0.123. The second kappa shape index (κ2) is 13.7. The molecule has 0 unspecified atom stereocenters. The summed E-state index contributed by atoms with van der Waals surface area (Å²) >= 11 is 6.44. The molecule has 2 amide bonds. The van der Waals surface area contributed by atoms with Gasteiger partial charge < -0.3 is 29.5 Å². The van der Waals surface area contributed by atoms with E-state index in [1.54, 1.807) is 55.6 Å². The van der Waals surface area contributed by atoms with Crippen LogP contribution in [0.5, 0.6) is 11.5 Å². The molecule has 10 heteroatoms. The molecule has 0 saturated carbocycles. The molecule has 0 aliphatic heterocycles. The van der Waals surface area contributed by atoms with Crippen LogP contribution in [0.3, 0.4) is 0 Å². The largest absolute Gasteiger partial charge is 0.496 e. The molecule has 9 nitrogen and oxygen atoms in total. The lowest BCUT2D eigenvalue weighted by atomic mass is 9.93. The van der Waals surface area contributed by atoms with Crippen LogP contribution in [0.25, 0.3) is 0 Å². The normalized spacial score (nSPS) is 11.9. The molecule has 3 aromatic rings. The van der Waals surface area contributed by atoms with Crippen LogP contribution >= 0.6 is 11.6 Å². The summed E-state index contributed by atoms with van der Waals surface area (Å²) in [5.41, 5.74) is 1.44. The van der Waals surface area contributed by atoms with Crippen LogP contribution in [0.15, 0.2) is 60.7 Å². The van der Waals surface area contributed by atoms with Crippen LogP contribution in [0.4, 0.5) is 11.4 Å². The highest BCUT2D eigenvalue weighted by molar-refractivity contribution is 6.31. The maximum atomic E-state index is 13.9. The summed E-state index contributed by atoms with van der Waals surface area (Å²) < 4.78 is 11.1. The van der Waals surface area contributed by atoms with Crippen molar-refractivity contribution >= 4 is 40.8 Å². The van der Waals surface area contributed by atoms with E-state index in [1.807, 2.05) is 20.8 Å². The predicted octanol–water partition coefficient (Wildman–Crippen LogP) is 5.96. The predicted molar refractivity (Wildman–Crippen MR) is 163 cm³/mol. The van der Waals surface area contributed by atoms with Crippen LogP contribution in [0.2, 0.25) is 5.02 Å². The molecule has 224 valence electrons. The van der Waals surface area contributed by atoms with Gasteiger partial charge in [-0.3, -0.25) is 9.59 Å². The van der Waals surface area contributed by atoms with Crippen molar-refractivity contribution in [2.24, 2.45) is 5.41 Å². The number of rotatable bonds is 11. The minimum absolute atomic E-state index is 0.100. The number of benzene rings is 3. The Bertz CT molecular complexity index is 1430. The van der Waals surface area contributed by atoms with Gasteiger partial charge in [0.25, 0.3) is 0 Å². The smallest absolute Gasteiger partial charge is 0.335 e. The summed E-state index contributed by atoms with van der Waals surface area (Å²) in [4.78, 5) is 41.0. The zero-order chi connectivity index (χ0) is 31.2. The van der Waals surface area contributed by atoms with Crippen molar-refractivity contribution in [1.29, 1.82) is 0 Å². The first-order chi connectivity index (χ1) is 19.8. The van der Waals surface area contributed by atoms with E-state index < -0.39 is 12.1 Å². The first kappa shape index (κ1) is 32.4. The van der Waals surface area contributed by atoms with Gasteiger partial charge in [0.15, 0.2) is 0 Å². The van der Waals surface area contributed by atoms with Gasteiger partial charge in [-0.25, -0.2) is 4.79 Å². The Kier molecular flexibility index (Phi) is 10.6. The molecule has 0 spiro atoms. The number of amides is 2. The summed E-state index contributed by atoms with van der Waals surface area (Å²) in [6, 6.07) is 16.1. The summed E-state index contributed by atoms with van der Waals surface area (Å²) in [6.07, 6.45) is -1.43. The van der Waals surface area contributed by atoms with Gasteiger partial charge in [-0.1, -0.05) is 50.6 Å². The third-order valence-corrected chi connectivity index (χ3v) is 6.87. The number of hydrogen-bond donors (Lipinski definition) is 2. The molecule has 2 N–H and O–H groups in total. The standard InChI is InChI=1S/C32H37ClN2O7/c1-32(2,3)19-35(28(37)16-15-27(36)34(4)22-13-11-20(12-14-22)31(39)40)29-24(17-21(33)18-26(29)42-6)30(38)23-9-7-8-10-25(23)41-5/h7-14,17-18,30,38H,15-16,19H2,1-6H3,(H,39,40)/t30-/m1/s1. The zero-order valence-electron chi connectivity index (χ0n) is 24.7. The van der Waals surface area contributed by atoms with Crippen LogP contribution in [-0.2, 0) is 9.59 Å². The van der Waals surface area contributed by atoms with Crippen molar-refractivity contribution in [1.82, 2.24) is 0 Å². The van der Waals surface area contributed by atoms with Crippen molar-refractivity contribution in [3.63, 3.8) is 0 Å².